The van der Waals surface area contributed by atoms with Gasteiger partial charge in [0.1, 0.15) is 8.82 Å². The van der Waals surface area contributed by atoms with Gasteiger partial charge in [-0.15, -0.1) is 0 Å². The predicted molar refractivity (Wildman–Crippen MR) is 90.4 cm³/mol. The van der Waals surface area contributed by atoms with E-state index in [1.165, 1.54) is 12.1 Å². The number of allylic oxidation sites excluding steroid dienone is 2. The third-order valence-corrected chi connectivity index (χ3v) is 4.99. The van der Waals surface area contributed by atoms with Crippen molar-refractivity contribution < 1.29 is 12.6 Å². The van der Waals surface area contributed by atoms with Gasteiger partial charge in [0.2, 0.25) is 0 Å². The maximum atomic E-state index is 12.1. The van der Waals surface area contributed by atoms with Crippen LogP contribution < -0.4 is 0 Å². The van der Waals surface area contributed by atoms with Crippen LogP contribution in [-0.2, 0) is 14.3 Å². The molecule has 1 radical (unpaired) electrons. The molecule has 0 bridgehead atoms. The van der Waals surface area contributed by atoms with Crippen LogP contribution >= 0.6 is 45.2 Å². The van der Waals surface area contributed by atoms with Gasteiger partial charge in [-0.05, 0) is 53.8 Å². The van der Waals surface area contributed by atoms with Crippen LogP contribution in [0, 0.1) is 10.8 Å². The van der Waals surface area contributed by atoms with Crippen LogP contribution in [0.5, 0.6) is 0 Å². The van der Waals surface area contributed by atoms with E-state index >= 15 is 0 Å². The molecule has 0 aliphatic heterocycles. The number of hydrogen-bond donors (Lipinski definition) is 0. The Morgan fingerprint density at radius 1 is 1.16 bits per heavy atom. The smallest absolute Gasteiger partial charge is 0.339 e. The van der Waals surface area contributed by atoms with E-state index in [0.717, 1.165) is 9.14 Å². The lowest BCUT2D eigenvalue weighted by Crippen LogP contribution is -2.08. The van der Waals surface area contributed by atoms with E-state index < -0.39 is 10.1 Å². The number of halogens is 2. The molecule has 0 atom stereocenters. The molecule has 0 fully saturated rings. The van der Waals surface area contributed by atoms with Crippen molar-refractivity contribution in [1.29, 1.82) is 0 Å². The van der Waals surface area contributed by atoms with E-state index in [-0.39, 0.29) is 10.7 Å². The first-order valence-electron chi connectivity index (χ1n) is 5.26. The summed E-state index contributed by atoms with van der Waals surface area (Å²) in [5.41, 5.74) is 3.82. The number of rotatable bonds is 3. The minimum absolute atomic E-state index is 0.140. The van der Waals surface area contributed by atoms with Crippen LogP contribution in [0.15, 0.2) is 56.4 Å². The second-order valence-electron chi connectivity index (χ2n) is 3.85. The average Bonchev–Trinajstić information content (AvgIpc) is 2.33. The molecule has 0 N–H and O–H groups in total. The van der Waals surface area contributed by atoms with E-state index in [1.54, 1.807) is 18.2 Å². The first kappa shape index (κ1) is 15.1. The van der Waals surface area contributed by atoms with Gasteiger partial charge in [-0.25, -0.2) is 0 Å². The van der Waals surface area contributed by atoms with Crippen molar-refractivity contribution in [3.8, 4) is 0 Å². The Labute approximate surface area is 139 Å². The monoisotopic (exact) mass is 499 g/mol. The van der Waals surface area contributed by atoms with Gasteiger partial charge in [0.05, 0.1) is 0 Å². The third kappa shape index (κ3) is 3.84. The Balaban J connectivity index is 2.29. The van der Waals surface area contributed by atoms with E-state index in [1.807, 2.05) is 35.6 Å². The molecule has 19 heavy (non-hydrogen) atoms. The van der Waals surface area contributed by atoms with Gasteiger partial charge in [-0.3, -0.25) is 0 Å². The highest BCUT2D eigenvalue weighted by atomic mass is 127. The number of aryl methyl sites for hydroxylation is 1. The van der Waals surface area contributed by atoms with Crippen molar-refractivity contribution in [2.24, 2.45) is 0 Å². The summed E-state index contributed by atoms with van der Waals surface area (Å²) >= 11 is 4.16. The molecule has 3 nitrogen and oxygen atoms in total. The van der Waals surface area contributed by atoms with Crippen molar-refractivity contribution in [3.63, 3.8) is 0 Å². The summed E-state index contributed by atoms with van der Waals surface area (Å²) in [7, 11) is -3.80. The molecule has 0 heterocycles. The quantitative estimate of drug-likeness (QED) is 0.359. The first-order chi connectivity index (χ1) is 8.88. The Kier molecular flexibility index (Phi) is 4.75. The Morgan fingerprint density at radius 2 is 1.79 bits per heavy atom. The van der Waals surface area contributed by atoms with Crippen LogP contribution in [0.2, 0.25) is 0 Å². The van der Waals surface area contributed by atoms with Crippen molar-refractivity contribution in [3.05, 3.63) is 61.0 Å². The zero-order valence-electron chi connectivity index (χ0n) is 9.85. The van der Waals surface area contributed by atoms with E-state index in [2.05, 4.69) is 28.3 Å². The normalized spacial score (nSPS) is 15.9. The molecule has 1 aromatic rings. The molecular weight excluding hydrogens is 490 g/mol. The molecule has 0 amide bonds. The summed E-state index contributed by atoms with van der Waals surface area (Å²) < 4.78 is 31.0. The zero-order chi connectivity index (χ0) is 14.0. The highest BCUT2D eigenvalue weighted by molar-refractivity contribution is 14.1. The second-order valence-corrected chi connectivity index (χ2v) is 7.80. The summed E-state index contributed by atoms with van der Waals surface area (Å²) in [6.07, 6.45) is 3.51. The molecule has 99 valence electrons. The van der Waals surface area contributed by atoms with Crippen LogP contribution in [0.1, 0.15) is 5.56 Å². The molecule has 0 saturated heterocycles. The predicted octanol–water partition coefficient (Wildman–Crippen LogP) is 4.04. The van der Waals surface area contributed by atoms with Gasteiger partial charge in [-0.2, -0.15) is 8.42 Å². The highest BCUT2D eigenvalue weighted by Gasteiger charge is 2.23. The van der Waals surface area contributed by atoms with Gasteiger partial charge < -0.3 is 4.18 Å². The summed E-state index contributed by atoms with van der Waals surface area (Å²) in [6, 6.07) is 6.53. The fourth-order valence-electron chi connectivity index (χ4n) is 1.36. The molecule has 0 saturated carbocycles. The molecule has 1 aliphatic carbocycles. The first-order valence-corrected chi connectivity index (χ1v) is 8.83. The van der Waals surface area contributed by atoms with Gasteiger partial charge >= 0.3 is 10.1 Å². The molecule has 0 spiro atoms. The maximum absolute atomic E-state index is 12.1. The van der Waals surface area contributed by atoms with E-state index in [9.17, 15) is 8.42 Å². The fraction of sp³-hybridized carbons (Fsp3) is 0.0769. The summed E-state index contributed by atoms with van der Waals surface area (Å²) in [5, 5.41) is 0. The fourth-order valence-corrected chi connectivity index (χ4v) is 4.09. The Morgan fingerprint density at radius 3 is 2.37 bits per heavy atom. The van der Waals surface area contributed by atoms with Gasteiger partial charge in [0.25, 0.3) is 0 Å². The average molecular weight is 499 g/mol. The summed E-state index contributed by atoms with van der Waals surface area (Å²) in [4.78, 5) is 0.140. The molecule has 2 rings (SSSR count). The van der Waals surface area contributed by atoms with Crippen LogP contribution in [0.3, 0.4) is 0 Å². The van der Waals surface area contributed by atoms with E-state index in [0.29, 0.717) is 3.92 Å². The van der Waals surface area contributed by atoms with Crippen molar-refractivity contribution in [1.82, 2.24) is 0 Å². The summed E-state index contributed by atoms with van der Waals surface area (Å²) in [5.74, 6) is 0.224. The molecule has 0 unspecified atom stereocenters. The van der Waals surface area contributed by atoms with Gasteiger partial charge in [0, 0.05) is 3.58 Å². The maximum Gasteiger partial charge on any atom is 0.339 e. The Hall–Kier alpha value is -0.310. The van der Waals surface area contributed by atoms with Crippen LogP contribution in [0.25, 0.3) is 0 Å². The van der Waals surface area contributed by atoms with Gasteiger partial charge in [0.15, 0.2) is 5.76 Å². The minimum Gasteiger partial charge on any atom is -0.373 e. The number of benzene rings is 1. The highest BCUT2D eigenvalue weighted by Crippen LogP contribution is 2.32. The second kappa shape index (κ2) is 5.99. The third-order valence-electron chi connectivity index (χ3n) is 2.33. The topological polar surface area (TPSA) is 43.4 Å². The lowest BCUT2D eigenvalue weighted by molar-refractivity contribution is 0.414. The molecule has 1 aromatic carbocycles. The molecule has 0 aromatic heterocycles. The minimum atomic E-state index is -3.80. The molecule has 1 aliphatic rings. The lowest BCUT2D eigenvalue weighted by Gasteiger charge is -2.12. The van der Waals surface area contributed by atoms with E-state index in [4.69, 9.17) is 4.18 Å². The number of hydrogen-bond acceptors (Lipinski definition) is 3. The van der Waals surface area contributed by atoms with Crippen LogP contribution in [-0.4, -0.2) is 8.42 Å². The zero-order valence-corrected chi connectivity index (χ0v) is 15.0. The summed E-state index contributed by atoms with van der Waals surface area (Å²) in [6.45, 7) is 1.90. The van der Waals surface area contributed by atoms with Crippen molar-refractivity contribution in [2.45, 2.75) is 11.8 Å². The Bertz CT molecular complexity index is 681. The standard InChI is InChI=1S/C13H9I2O3S/c1-9-2-5-11(6-3-9)19(16,17)18-13-7-4-10(14)8-12(13)15/h2-6,8H,1H3. The van der Waals surface area contributed by atoms with Crippen molar-refractivity contribution in [2.75, 3.05) is 0 Å². The van der Waals surface area contributed by atoms with Crippen LogP contribution in [0.4, 0.5) is 0 Å². The largest absolute Gasteiger partial charge is 0.373 e. The molecular formula is C13H9I2O3S. The SMILES string of the molecule is Cc1ccc(S(=O)(=O)OC2=C=CC(I)=C[C]2I)cc1. The lowest BCUT2D eigenvalue weighted by atomic mass is 10.2. The van der Waals surface area contributed by atoms with Crippen molar-refractivity contribution >= 4 is 55.3 Å². The van der Waals surface area contributed by atoms with Gasteiger partial charge in [-0.1, -0.05) is 46.0 Å². The molecule has 6 heteroatoms.